The number of aryl methyl sites for hydroxylation is 1. The van der Waals surface area contributed by atoms with Crippen molar-refractivity contribution in [3.63, 3.8) is 0 Å². The molecule has 0 bridgehead atoms. The van der Waals surface area contributed by atoms with Crippen molar-refractivity contribution < 1.29 is 13.2 Å². The van der Waals surface area contributed by atoms with Gasteiger partial charge in [0.2, 0.25) is 5.91 Å². The van der Waals surface area contributed by atoms with Crippen LogP contribution in [0.3, 0.4) is 0 Å². The van der Waals surface area contributed by atoms with Gasteiger partial charge in [-0.2, -0.15) is 0 Å². The molecule has 1 atom stereocenters. The Morgan fingerprint density at radius 1 is 1.29 bits per heavy atom. The first kappa shape index (κ1) is 17.5. The molecule has 0 saturated heterocycles. The molecule has 0 heterocycles. The number of rotatable bonds is 6. The van der Waals surface area contributed by atoms with Gasteiger partial charge in [-0.15, -0.1) is 0 Å². The largest absolute Gasteiger partial charge is 0.399 e. The van der Waals surface area contributed by atoms with E-state index in [1.807, 2.05) is 13.8 Å². The number of nitrogens with two attached hydrogens (primary N) is 1. The van der Waals surface area contributed by atoms with Crippen LogP contribution in [-0.2, 0) is 14.6 Å². The molecular formula is C15H24N2O3S. The Morgan fingerprint density at radius 3 is 2.43 bits per heavy atom. The Morgan fingerprint density at radius 2 is 1.90 bits per heavy atom. The van der Waals surface area contributed by atoms with Crippen LogP contribution in [0.25, 0.3) is 0 Å². The van der Waals surface area contributed by atoms with Gasteiger partial charge in [0, 0.05) is 12.2 Å². The minimum Gasteiger partial charge on any atom is -0.399 e. The zero-order valence-electron chi connectivity index (χ0n) is 13.0. The molecule has 118 valence electrons. The van der Waals surface area contributed by atoms with Crippen LogP contribution in [0.1, 0.15) is 32.8 Å². The minimum atomic E-state index is -3.70. The molecule has 0 aliphatic rings. The van der Waals surface area contributed by atoms with E-state index >= 15 is 0 Å². The lowest BCUT2D eigenvalue weighted by molar-refractivity contribution is -0.120. The van der Waals surface area contributed by atoms with Gasteiger partial charge >= 0.3 is 0 Å². The number of amides is 1. The highest BCUT2D eigenvalue weighted by molar-refractivity contribution is 7.92. The highest BCUT2D eigenvalue weighted by Gasteiger charge is 2.30. The van der Waals surface area contributed by atoms with Crippen molar-refractivity contribution in [3.8, 4) is 0 Å². The molecule has 0 saturated carbocycles. The summed E-state index contributed by atoms with van der Waals surface area (Å²) in [6.07, 6.45) is 0.819. The number of nitrogen functional groups attached to an aromatic ring is 1. The number of hydrogen-bond donors (Lipinski definition) is 2. The lowest BCUT2D eigenvalue weighted by Crippen LogP contribution is -2.38. The molecule has 1 amide bonds. The van der Waals surface area contributed by atoms with Gasteiger partial charge in [0.15, 0.2) is 9.84 Å². The van der Waals surface area contributed by atoms with Gasteiger partial charge in [0.05, 0.1) is 4.90 Å². The number of anilines is 1. The fourth-order valence-electron chi connectivity index (χ4n) is 1.95. The summed E-state index contributed by atoms with van der Waals surface area (Å²) >= 11 is 0. The van der Waals surface area contributed by atoms with Gasteiger partial charge in [-0.25, -0.2) is 8.42 Å². The van der Waals surface area contributed by atoms with Gasteiger partial charge in [0.25, 0.3) is 0 Å². The normalized spacial score (nSPS) is 13.2. The molecule has 0 radical (unpaired) electrons. The first-order valence-corrected chi connectivity index (χ1v) is 8.58. The molecule has 6 heteroatoms. The Labute approximate surface area is 126 Å². The number of benzene rings is 1. The second-order valence-electron chi connectivity index (χ2n) is 5.69. The number of carbonyl (C=O) groups is 1. The summed E-state index contributed by atoms with van der Waals surface area (Å²) in [5.74, 6) is -0.0107. The average Bonchev–Trinajstić information content (AvgIpc) is 2.36. The fourth-order valence-corrected chi connectivity index (χ4v) is 3.46. The van der Waals surface area contributed by atoms with Crippen molar-refractivity contribution in [2.75, 3.05) is 12.3 Å². The van der Waals surface area contributed by atoms with Crippen LogP contribution in [0, 0.1) is 12.8 Å². The van der Waals surface area contributed by atoms with E-state index in [0.29, 0.717) is 23.7 Å². The fraction of sp³-hybridized carbons (Fsp3) is 0.533. The van der Waals surface area contributed by atoms with Gasteiger partial charge in [-0.05, 0) is 49.9 Å². The third-order valence-electron chi connectivity index (χ3n) is 3.36. The maximum atomic E-state index is 12.5. The molecule has 0 aliphatic carbocycles. The zero-order chi connectivity index (χ0) is 16.2. The molecular weight excluding hydrogens is 288 g/mol. The molecule has 3 N–H and O–H groups in total. The van der Waals surface area contributed by atoms with Gasteiger partial charge in [-0.1, -0.05) is 13.8 Å². The summed E-state index contributed by atoms with van der Waals surface area (Å²) in [6, 6.07) is 4.58. The van der Waals surface area contributed by atoms with E-state index < -0.39 is 21.0 Å². The van der Waals surface area contributed by atoms with Gasteiger partial charge in [-0.3, -0.25) is 4.79 Å². The number of nitrogens with one attached hydrogen (secondary N) is 1. The second-order valence-corrected chi connectivity index (χ2v) is 7.92. The van der Waals surface area contributed by atoms with Crippen molar-refractivity contribution in [2.24, 2.45) is 5.92 Å². The van der Waals surface area contributed by atoms with E-state index in [2.05, 4.69) is 5.32 Å². The number of hydrogen-bond acceptors (Lipinski definition) is 4. The molecule has 21 heavy (non-hydrogen) atoms. The predicted molar refractivity (Wildman–Crippen MR) is 84.7 cm³/mol. The van der Waals surface area contributed by atoms with Crippen LogP contribution in [0.15, 0.2) is 23.1 Å². The molecule has 0 spiro atoms. The molecule has 1 aromatic rings. The lowest BCUT2D eigenvalue weighted by atomic mass is 10.1. The third kappa shape index (κ3) is 4.46. The van der Waals surface area contributed by atoms with E-state index in [4.69, 9.17) is 5.73 Å². The van der Waals surface area contributed by atoms with E-state index in [-0.39, 0.29) is 4.90 Å². The summed E-state index contributed by atoms with van der Waals surface area (Å²) in [4.78, 5) is 12.2. The van der Waals surface area contributed by atoms with Crippen LogP contribution < -0.4 is 11.1 Å². The standard InChI is InChI=1S/C15H24N2O3S/c1-10(2)7-8-17-15(18)12(4)21(19,20)14-6-5-13(16)9-11(14)3/h5-6,9-10,12H,7-8,16H2,1-4H3,(H,17,18). The van der Waals surface area contributed by atoms with E-state index in [1.54, 1.807) is 13.0 Å². The first-order valence-electron chi connectivity index (χ1n) is 7.04. The number of carbonyl (C=O) groups excluding carboxylic acids is 1. The van der Waals surface area contributed by atoms with Crippen LogP contribution >= 0.6 is 0 Å². The lowest BCUT2D eigenvalue weighted by Gasteiger charge is -2.15. The third-order valence-corrected chi connectivity index (χ3v) is 5.58. The van der Waals surface area contributed by atoms with E-state index in [9.17, 15) is 13.2 Å². The molecule has 1 aromatic carbocycles. The van der Waals surface area contributed by atoms with Crippen LogP contribution in [-0.4, -0.2) is 26.1 Å². The average molecular weight is 312 g/mol. The summed E-state index contributed by atoms with van der Waals surface area (Å²) in [7, 11) is -3.70. The Kier molecular flexibility index (Phi) is 5.78. The molecule has 5 nitrogen and oxygen atoms in total. The molecule has 1 rings (SSSR count). The van der Waals surface area contributed by atoms with Gasteiger partial charge < -0.3 is 11.1 Å². The SMILES string of the molecule is Cc1cc(N)ccc1S(=O)(=O)C(C)C(=O)NCCC(C)C. The highest BCUT2D eigenvalue weighted by Crippen LogP contribution is 2.22. The molecule has 0 fully saturated rings. The Bertz CT molecular complexity index is 609. The molecule has 0 aromatic heterocycles. The van der Waals surface area contributed by atoms with Crippen LogP contribution in [0.5, 0.6) is 0 Å². The van der Waals surface area contributed by atoms with E-state index in [0.717, 1.165) is 6.42 Å². The summed E-state index contributed by atoms with van der Waals surface area (Å²) in [5.41, 5.74) is 6.68. The summed E-state index contributed by atoms with van der Waals surface area (Å²) < 4.78 is 25.0. The minimum absolute atomic E-state index is 0.156. The molecule has 1 unspecified atom stereocenters. The zero-order valence-corrected chi connectivity index (χ0v) is 13.8. The number of sulfone groups is 1. The van der Waals surface area contributed by atoms with Crippen molar-refractivity contribution in [1.82, 2.24) is 5.32 Å². The monoisotopic (exact) mass is 312 g/mol. The van der Waals surface area contributed by atoms with Crippen molar-refractivity contribution in [1.29, 1.82) is 0 Å². The van der Waals surface area contributed by atoms with Crippen molar-refractivity contribution >= 4 is 21.4 Å². The first-order chi connectivity index (χ1) is 9.66. The maximum absolute atomic E-state index is 12.5. The summed E-state index contributed by atoms with van der Waals surface area (Å²) in [6.45, 7) is 7.66. The highest BCUT2D eigenvalue weighted by atomic mass is 32.2. The van der Waals surface area contributed by atoms with Gasteiger partial charge in [0.1, 0.15) is 5.25 Å². The van der Waals surface area contributed by atoms with E-state index in [1.165, 1.54) is 19.1 Å². The Hall–Kier alpha value is -1.56. The second kappa shape index (κ2) is 6.93. The quantitative estimate of drug-likeness (QED) is 0.785. The van der Waals surface area contributed by atoms with Crippen molar-refractivity contribution in [2.45, 2.75) is 44.3 Å². The van der Waals surface area contributed by atoms with Crippen LogP contribution in [0.2, 0.25) is 0 Å². The van der Waals surface area contributed by atoms with Crippen LogP contribution in [0.4, 0.5) is 5.69 Å². The molecule has 0 aliphatic heterocycles. The predicted octanol–water partition coefficient (Wildman–Crippen LogP) is 1.90. The van der Waals surface area contributed by atoms with Crippen molar-refractivity contribution in [3.05, 3.63) is 23.8 Å². The summed E-state index contributed by atoms with van der Waals surface area (Å²) in [5, 5.41) is 1.56. The topological polar surface area (TPSA) is 89.3 Å². The smallest absolute Gasteiger partial charge is 0.238 e. The maximum Gasteiger partial charge on any atom is 0.238 e. The Balaban J connectivity index is 2.88.